The molecular formula is C20H26N4O. The summed E-state index contributed by atoms with van der Waals surface area (Å²) >= 11 is 0. The van der Waals surface area contributed by atoms with Gasteiger partial charge in [0.2, 0.25) is 5.91 Å². The molecule has 0 saturated carbocycles. The molecule has 5 nitrogen and oxygen atoms in total. The summed E-state index contributed by atoms with van der Waals surface area (Å²) in [5.41, 5.74) is 1.20. The van der Waals surface area contributed by atoms with E-state index in [2.05, 4.69) is 47.8 Å². The van der Waals surface area contributed by atoms with Gasteiger partial charge in [-0.1, -0.05) is 32.0 Å². The van der Waals surface area contributed by atoms with Crippen molar-refractivity contribution in [3.63, 3.8) is 0 Å². The molecule has 2 heterocycles. The molecule has 1 amide bonds. The number of carbonyl (C=O) groups excluding carboxylic acids is 1. The van der Waals surface area contributed by atoms with Crippen LogP contribution in [0.2, 0.25) is 0 Å². The highest BCUT2D eigenvalue weighted by molar-refractivity contribution is 5.81. The molecule has 132 valence electrons. The van der Waals surface area contributed by atoms with Crippen LogP contribution in [0.1, 0.15) is 38.6 Å². The second-order valence-electron chi connectivity index (χ2n) is 6.85. The van der Waals surface area contributed by atoms with Gasteiger partial charge in [0.05, 0.1) is 0 Å². The fourth-order valence-electron chi connectivity index (χ4n) is 3.24. The van der Waals surface area contributed by atoms with Crippen LogP contribution in [0.3, 0.4) is 0 Å². The summed E-state index contributed by atoms with van der Waals surface area (Å²) in [4.78, 5) is 19.0. The van der Waals surface area contributed by atoms with Crippen LogP contribution in [0, 0.1) is 0 Å². The number of carbonyl (C=O) groups is 1. The molecule has 0 aliphatic heterocycles. The van der Waals surface area contributed by atoms with Crippen molar-refractivity contribution in [2.24, 2.45) is 0 Å². The third-order valence-electron chi connectivity index (χ3n) is 4.72. The molecule has 1 aromatic carbocycles. The molecule has 1 atom stereocenters. The van der Waals surface area contributed by atoms with Crippen LogP contribution in [0.15, 0.2) is 48.9 Å². The molecule has 0 spiro atoms. The molecule has 0 N–H and O–H groups in total. The topological polar surface area (TPSA) is 43.1 Å². The van der Waals surface area contributed by atoms with E-state index in [1.807, 2.05) is 41.8 Å². The Labute approximate surface area is 148 Å². The standard InChI is InChI=1S/C20H26N4O/c1-15(2)19-21-10-12-24(19)16(3)20(25)22(4)13-14-23-11-9-17-7-5-6-8-18(17)23/h5-12,15-16H,13-14H2,1-4H3. The minimum atomic E-state index is -0.244. The molecule has 0 aliphatic carbocycles. The Morgan fingerprint density at radius 2 is 1.92 bits per heavy atom. The predicted octanol–water partition coefficient (Wildman–Crippen LogP) is 3.68. The number of benzene rings is 1. The number of nitrogens with zero attached hydrogens (tertiary/aromatic N) is 4. The van der Waals surface area contributed by atoms with Gasteiger partial charge in [-0.15, -0.1) is 0 Å². The molecule has 5 heteroatoms. The smallest absolute Gasteiger partial charge is 0.245 e. The van der Waals surface area contributed by atoms with Crippen LogP contribution in [-0.2, 0) is 11.3 Å². The summed E-state index contributed by atoms with van der Waals surface area (Å²) in [5, 5.41) is 1.23. The first-order chi connectivity index (χ1) is 12.0. The van der Waals surface area contributed by atoms with Crippen molar-refractivity contribution < 1.29 is 4.79 Å². The summed E-state index contributed by atoms with van der Waals surface area (Å²) in [6, 6.07) is 10.2. The molecule has 3 aromatic rings. The maximum absolute atomic E-state index is 12.8. The highest BCUT2D eigenvalue weighted by Crippen LogP contribution is 2.19. The molecule has 0 fully saturated rings. The second-order valence-corrected chi connectivity index (χ2v) is 6.85. The lowest BCUT2D eigenvalue weighted by Gasteiger charge is -2.24. The fourth-order valence-corrected chi connectivity index (χ4v) is 3.24. The fraction of sp³-hybridized carbons (Fsp3) is 0.400. The third kappa shape index (κ3) is 3.45. The number of fused-ring (bicyclic) bond motifs is 1. The molecule has 2 aromatic heterocycles. The summed E-state index contributed by atoms with van der Waals surface area (Å²) in [6.45, 7) is 7.59. The van der Waals surface area contributed by atoms with E-state index in [0.29, 0.717) is 12.5 Å². The number of hydrogen-bond acceptors (Lipinski definition) is 2. The third-order valence-corrected chi connectivity index (χ3v) is 4.72. The van der Waals surface area contributed by atoms with Gasteiger partial charge in [-0.05, 0) is 24.4 Å². The van der Waals surface area contributed by atoms with Crippen molar-refractivity contribution >= 4 is 16.8 Å². The zero-order valence-electron chi connectivity index (χ0n) is 15.4. The van der Waals surface area contributed by atoms with Gasteiger partial charge in [-0.3, -0.25) is 4.79 Å². The number of amides is 1. The van der Waals surface area contributed by atoms with Gasteiger partial charge < -0.3 is 14.0 Å². The number of aromatic nitrogens is 3. The van der Waals surface area contributed by atoms with Crippen LogP contribution in [-0.4, -0.2) is 38.5 Å². The van der Waals surface area contributed by atoms with Crippen molar-refractivity contribution in [2.45, 2.75) is 39.3 Å². The van der Waals surface area contributed by atoms with Crippen molar-refractivity contribution in [2.75, 3.05) is 13.6 Å². The molecule has 0 saturated heterocycles. The monoisotopic (exact) mass is 338 g/mol. The number of para-hydroxylation sites is 1. The minimum absolute atomic E-state index is 0.108. The Morgan fingerprint density at radius 1 is 1.16 bits per heavy atom. The Balaban J connectivity index is 1.67. The lowest BCUT2D eigenvalue weighted by Crippen LogP contribution is -2.35. The molecular weight excluding hydrogens is 312 g/mol. The van der Waals surface area contributed by atoms with Gasteiger partial charge in [0.15, 0.2) is 0 Å². The quantitative estimate of drug-likeness (QED) is 0.688. The van der Waals surface area contributed by atoms with E-state index in [1.165, 1.54) is 10.9 Å². The number of rotatable bonds is 6. The molecule has 0 radical (unpaired) electrons. The molecule has 25 heavy (non-hydrogen) atoms. The van der Waals surface area contributed by atoms with Crippen molar-refractivity contribution in [1.29, 1.82) is 0 Å². The van der Waals surface area contributed by atoms with E-state index in [-0.39, 0.29) is 11.9 Å². The van der Waals surface area contributed by atoms with Gasteiger partial charge in [-0.25, -0.2) is 4.98 Å². The first kappa shape index (κ1) is 17.3. The van der Waals surface area contributed by atoms with E-state index in [9.17, 15) is 4.79 Å². The van der Waals surface area contributed by atoms with Crippen molar-refractivity contribution in [3.8, 4) is 0 Å². The predicted molar refractivity (Wildman–Crippen MR) is 101 cm³/mol. The van der Waals surface area contributed by atoms with Gasteiger partial charge >= 0.3 is 0 Å². The summed E-state index contributed by atoms with van der Waals surface area (Å²) in [7, 11) is 1.87. The number of hydrogen-bond donors (Lipinski definition) is 0. The van der Waals surface area contributed by atoms with Crippen molar-refractivity contribution in [1.82, 2.24) is 19.0 Å². The van der Waals surface area contributed by atoms with Crippen LogP contribution < -0.4 is 0 Å². The largest absolute Gasteiger partial charge is 0.346 e. The average Bonchev–Trinajstić information content (AvgIpc) is 3.25. The molecule has 0 aliphatic rings. The Bertz CT molecular complexity index is 861. The zero-order valence-corrected chi connectivity index (χ0v) is 15.4. The van der Waals surface area contributed by atoms with E-state index in [0.717, 1.165) is 12.4 Å². The maximum atomic E-state index is 12.8. The molecule has 3 rings (SSSR count). The Morgan fingerprint density at radius 3 is 2.68 bits per heavy atom. The normalized spacial score (nSPS) is 12.7. The number of imidazole rings is 1. The maximum Gasteiger partial charge on any atom is 0.245 e. The lowest BCUT2D eigenvalue weighted by atomic mass is 10.2. The van der Waals surface area contributed by atoms with Crippen LogP contribution >= 0.6 is 0 Å². The van der Waals surface area contributed by atoms with E-state index < -0.39 is 0 Å². The van der Waals surface area contributed by atoms with Gasteiger partial charge in [0.1, 0.15) is 11.9 Å². The Hall–Kier alpha value is -2.56. The first-order valence-corrected chi connectivity index (χ1v) is 8.80. The van der Waals surface area contributed by atoms with Crippen LogP contribution in [0.4, 0.5) is 0 Å². The minimum Gasteiger partial charge on any atom is -0.346 e. The van der Waals surface area contributed by atoms with Gasteiger partial charge in [-0.2, -0.15) is 0 Å². The van der Waals surface area contributed by atoms with E-state index in [4.69, 9.17) is 0 Å². The molecule has 1 unspecified atom stereocenters. The van der Waals surface area contributed by atoms with Crippen LogP contribution in [0.5, 0.6) is 0 Å². The first-order valence-electron chi connectivity index (χ1n) is 8.80. The van der Waals surface area contributed by atoms with Gasteiger partial charge in [0, 0.05) is 50.2 Å². The summed E-state index contributed by atoms with van der Waals surface area (Å²) < 4.78 is 4.18. The highest BCUT2D eigenvalue weighted by Gasteiger charge is 2.22. The summed E-state index contributed by atoms with van der Waals surface area (Å²) in [6.07, 6.45) is 5.75. The Kier molecular flexibility index (Phi) is 4.93. The van der Waals surface area contributed by atoms with Crippen molar-refractivity contribution in [3.05, 3.63) is 54.7 Å². The highest BCUT2D eigenvalue weighted by atomic mass is 16.2. The lowest BCUT2D eigenvalue weighted by molar-refractivity contribution is -0.133. The van der Waals surface area contributed by atoms with E-state index >= 15 is 0 Å². The zero-order chi connectivity index (χ0) is 18.0. The molecule has 0 bridgehead atoms. The summed E-state index contributed by atoms with van der Waals surface area (Å²) in [5.74, 6) is 1.35. The SMILES string of the molecule is CC(C)c1nccn1C(C)C(=O)N(C)CCn1ccc2ccccc21. The van der Waals surface area contributed by atoms with Crippen LogP contribution in [0.25, 0.3) is 10.9 Å². The number of likely N-dealkylation sites (N-methyl/N-ethyl adjacent to an activating group) is 1. The van der Waals surface area contributed by atoms with E-state index in [1.54, 1.807) is 6.20 Å². The average molecular weight is 338 g/mol. The van der Waals surface area contributed by atoms with Gasteiger partial charge in [0.25, 0.3) is 0 Å². The second kappa shape index (κ2) is 7.13.